The number of benzene rings is 2. The molecule has 0 bridgehead atoms. The van der Waals surface area contributed by atoms with E-state index in [9.17, 15) is 23.1 Å². The van der Waals surface area contributed by atoms with Gasteiger partial charge in [-0.25, -0.2) is 0 Å². The molecule has 1 unspecified atom stereocenters. The molecule has 1 aliphatic rings. The van der Waals surface area contributed by atoms with Crippen molar-refractivity contribution in [2.45, 2.75) is 44.5 Å². The normalized spacial score (nSPS) is 16.5. The Balaban J connectivity index is 1.51. The van der Waals surface area contributed by atoms with E-state index in [1.165, 1.54) is 6.07 Å². The lowest BCUT2D eigenvalue weighted by Gasteiger charge is -2.33. The molecule has 2 aromatic carbocycles. The van der Waals surface area contributed by atoms with Gasteiger partial charge in [0.1, 0.15) is 11.4 Å². The molecule has 10 heteroatoms. The van der Waals surface area contributed by atoms with Crippen LogP contribution in [0.5, 0.6) is 0 Å². The molecule has 2 heterocycles. The second-order valence-corrected chi connectivity index (χ2v) is 9.14. The molecule has 1 atom stereocenters. The summed E-state index contributed by atoms with van der Waals surface area (Å²) < 4.78 is 43.9. The number of anilines is 1. The van der Waals surface area contributed by atoms with Crippen molar-refractivity contribution < 1.29 is 27.6 Å². The molecule has 3 aromatic rings. The highest BCUT2D eigenvalue weighted by molar-refractivity contribution is 6.12. The van der Waals surface area contributed by atoms with E-state index < -0.39 is 17.3 Å². The van der Waals surface area contributed by atoms with Crippen LogP contribution in [0, 0.1) is 5.41 Å². The molecule has 184 valence electrons. The first-order valence-corrected chi connectivity index (χ1v) is 11.0. The Morgan fingerprint density at radius 2 is 1.86 bits per heavy atom. The third-order valence-electron chi connectivity index (χ3n) is 6.16. The van der Waals surface area contributed by atoms with Gasteiger partial charge in [-0.1, -0.05) is 23.4 Å². The molecule has 0 spiro atoms. The predicted octanol–water partition coefficient (Wildman–Crippen LogP) is 4.73. The fourth-order valence-electron chi connectivity index (χ4n) is 4.32. The highest BCUT2D eigenvalue weighted by atomic mass is 19.4. The summed E-state index contributed by atoms with van der Waals surface area (Å²) >= 11 is 0. The molecule has 0 aliphatic carbocycles. The topological polar surface area (TPSA) is 116 Å². The average Bonchev–Trinajstić information content (AvgIpc) is 3.48. The fourth-order valence-corrected chi connectivity index (χ4v) is 4.32. The molecule has 4 rings (SSSR count). The number of nitrogens with two attached hydrogens (primary N) is 1. The van der Waals surface area contributed by atoms with E-state index in [0.29, 0.717) is 23.4 Å². The average molecular weight is 486 g/mol. The zero-order valence-electron chi connectivity index (χ0n) is 19.2. The number of aliphatic hydroxyl groups is 1. The number of aromatic nitrogens is 1. The third kappa shape index (κ3) is 4.93. The van der Waals surface area contributed by atoms with E-state index >= 15 is 0 Å². The zero-order chi connectivity index (χ0) is 25.5. The van der Waals surface area contributed by atoms with Crippen molar-refractivity contribution >= 4 is 17.3 Å². The second kappa shape index (κ2) is 8.84. The monoisotopic (exact) mass is 486 g/mol. The standard InChI is InChI=1S/C25H25F3N4O3/c1-24(2,34)21-4-3-11-32(21)23(33)15-7-5-14(6-8-15)19-13-20(35-31-19)22(30)17-10-9-16(12-18(17)29)25(26,27)28/h5-10,12-13,21,30,34H,3-4,11,29H2,1-2H3. The molecule has 1 saturated heterocycles. The maximum Gasteiger partial charge on any atom is 0.416 e. The van der Waals surface area contributed by atoms with Gasteiger partial charge in [0.05, 0.1) is 17.2 Å². The van der Waals surface area contributed by atoms with Crippen molar-refractivity contribution in [3.8, 4) is 11.3 Å². The molecule has 0 radical (unpaired) electrons. The van der Waals surface area contributed by atoms with E-state index in [2.05, 4.69) is 5.16 Å². The first-order valence-electron chi connectivity index (χ1n) is 11.0. The fraction of sp³-hybridized carbons (Fsp3) is 0.320. The Kier molecular flexibility index (Phi) is 6.18. The van der Waals surface area contributed by atoms with Crippen molar-refractivity contribution in [2.24, 2.45) is 0 Å². The maximum atomic E-state index is 13.0. The Labute approximate surface area is 199 Å². The van der Waals surface area contributed by atoms with E-state index in [-0.39, 0.29) is 34.7 Å². The van der Waals surface area contributed by atoms with Crippen molar-refractivity contribution in [1.82, 2.24) is 10.1 Å². The summed E-state index contributed by atoms with van der Waals surface area (Å²) in [5.41, 5.74) is 5.04. The molecule has 35 heavy (non-hydrogen) atoms. The van der Waals surface area contributed by atoms with Crippen LogP contribution in [0.25, 0.3) is 11.3 Å². The molecule has 1 aliphatic heterocycles. The lowest BCUT2D eigenvalue weighted by Crippen LogP contribution is -2.48. The Bertz CT molecular complexity index is 1260. The van der Waals surface area contributed by atoms with Gasteiger partial charge >= 0.3 is 6.18 Å². The minimum Gasteiger partial charge on any atom is -0.398 e. The first kappa shape index (κ1) is 24.5. The van der Waals surface area contributed by atoms with Gasteiger partial charge < -0.3 is 20.3 Å². The van der Waals surface area contributed by atoms with Crippen molar-refractivity contribution in [2.75, 3.05) is 12.3 Å². The molecule has 7 nitrogen and oxygen atoms in total. The van der Waals surface area contributed by atoms with Gasteiger partial charge in [0, 0.05) is 35.0 Å². The number of carbonyl (C=O) groups excluding carboxylic acids is 1. The number of carbonyl (C=O) groups is 1. The van der Waals surface area contributed by atoms with Gasteiger partial charge in [0.15, 0.2) is 5.76 Å². The summed E-state index contributed by atoms with van der Waals surface area (Å²) in [6.07, 6.45) is -2.97. The van der Waals surface area contributed by atoms with Crippen molar-refractivity contribution in [1.29, 1.82) is 5.41 Å². The van der Waals surface area contributed by atoms with Gasteiger partial charge in [-0.3, -0.25) is 10.2 Å². The zero-order valence-corrected chi connectivity index (χ0v) is 19.2. The molecule has 1 fully saturated rings. The van der Waals surface area contributed by atoms with Gasteiger partial charge in [-0.05, 0) is 51.0 Å². The second-order valence-electron chi connectivity index (χ2n) is 9.14. The summed E-state index contributed by atoms with van der Waals surface area (Å²) in [7, 11) is 0. The lowest BCUT2D eigenvalue weighted by molar-refractivity contribution is -0.137. The number of amides is 1. The van der Waals surface area contributed by atoms with Gasteiger partial charge in [-0.2, -0.15) is 13.2 Å². The highest BCUT2D eigenvalue weighted by Gasteiger charge is 2.38. The molecule has 1 amide bonds. The SMILES string of the molecule is CC(C)(O)C1CCCN1C(=O)c1ccc(-c2cc(C(=N)c3ccc(C(F)(F)F)cc3N)on2)cc1. The van der Waals surface area contributed by atoms with Gasteiger partial charge in [-0.15, -0.1) is 0 Å². The molecular formula is C25H25F3N4O3. The molecule has 4 N–H and O–H groups in total. The minimum atomic E-state index is -4.54. The van der Waals surface area contributed by atoms with Gasteiger partial charge in [0.2, 0.25) is 0 Å². The van der Waals surface area contributed by atoms with Crippen LogP contribution in [-0.4, -0.2) is 45.0 Å². The molecule has 1 aromatic heterocycles. The predicted molar refractivity (Wildman–Crippen MR) is 124 cm³/mol. The number of nitrogens with zero attached hydrogens (tertiary/aromatic N) is 2. The number of nitrogens with one attached hydrogen (secondary N) is 1. The summed E-state index contributed by atoms with van der Waals surface area (Å²) in [5.74, 6) is -0.127. The van der Waals surface area contributed by atoms with Gasteiger partial charge in [0.25, 0.3) is 5.91 Å². The Hall–Kier alpha value is -3.66. The number of rotatable bonds is 5. The Morgan fingerprint density at radius 3 is 2.46 bits per heavy atom. The number of nitrogen functional groups attached to an aromatic ring is 1. The number of hydrogen-bond donors (Lipinski definition) is 3. The van der Waals surface area contributed by atoms with E-state index in [1.54, 1.807) is 43.0 Å². The van der Waals surface area contributed by atoms with Crippen LogP contribution in [0.4, 0.5) is 18.9 Å². The quantitative estimate of drug-likeness (QED) is 0.356. The number of halogens is 3. The Morgan fingerprint density at radius 1 is 1.17 bits per heavy atom. The number of likely N-dealkylation sites (tertiary alicyclic amines) is 1. The maximum absolute atomic E-state index is 13.0. The summed E-state index contributed by atoms with van der Waals surface area (Å²) in [4.78, 5) is 14.7. The van der Waals surface area contributed by atoms with Crippen LogP contribution in [0.15, 0.2) is 53.1 Å². The minimum absolute atomic E-state index is 0.0386. The van der Waals surface area contributed by atoms with E-state index in [1.807, 2.05) is 0 Å². The molecule has 0 saturated carbocycles. The summed E-state index contributed by atoms with van der Waals surface area (Å²) in [5, 5.41) is 22.6. The van der Waals surface area contributed by atoms with Crippen LogP contribution >= 0.6 is 0 Å². The third-order valence-corrected chi connectivity index (χ3v) is 6.16. The lowest BCUT2D eigenvalue weighted by atomic mass is 9.96. The van der Waals surface area contributed by atoms with Crippen LogP contribution < -0.4 is 5.73 Å². The van der Waals surface area contributed by atoms with Crippen LogP contribution in [0.1, 0.15) is 53.9 Å². The van der Waals surface area contributed by atoms with Crippen LogP contribution in [0.3, 0.4) is 0 Å². The van der Waals surface area contributed by atoms with Crippen molar-refractivity contribution in [3.63, 3.8) is 0 Å². The first-order chi connectivity index (χ1) is 16.4. The van der Waals surface area contributed by atoms with E-state index in [4.69, 9.17) is 15.7 Å². The largest absolute Gasteiger partial charge is 0.416 e. The number of alkyl halides is 3. The summed E-state index contributed by atoms with van der Waals surface area (Å²) in [6, 6.07) is 10.7. The van der Waals surface area contributed by atoms with Crippen LogP contribution in [0.2, 0.25) is 0 Å². The highest BCUT2D eigenvalue weighted by Crippen LogP contribution is 2.32. The number of hydrogen-bond acceptors (Lipinski definition) is 6. The summed E-state index contributed by atoms with van der Waals surface area (Å²) in [6.45, 7) is 3.98. The van der Waals surface area contributed by atoms with Crippen LogP contribution in [-0.2, 0) is 6.18 Å². The molecular weight excluding hydrogens is 461 g/mol. The van der Waals surface area contributed by atoms with Crippen molar-refractivity contribution in [3.05, 3.63) is 71.0 Å². The smallest absolute Gasteiger partial charge is 0.398 e. The van der Waals surface area contributed by atoms with E-state index in [0.717, 1.165) is 31.0 Å².